The molecule has 2 heterocycles. The normalized spacial score (nSPS) is 14.4. The van der Waals surface area contributed by atoms with Crippen molar-refractivity contribution in [1.82, 2.24) is 4.98 Å². The number of rotatable bonds is 6. The molecule has 0 saturated carbocycles. The molecular weight excluding hydrogens is 422 g/mol. The molecule has 4 rings (SSSR count). The summed E-state index contributed by atoms with van der Waals surface area (Å²) in [6.07, 6.45) is 1.88. The Morgan fingerprint density at radius 1 is 0.969 bits per heavy atom. The third kappa shape index (κ3) is 4.78. The van der Waals surface area contributed by atoms with Crippen molar-refractivity contribution < 1.29 is 14.3 Å². The van der Waals surface area contributed by atoms with Gasteiger partial charge in [-0.3, -0.25) is 0 Å². The van der Waals surface area contributed by atoms with Crippen LogP contribution >= 0.6 is 11.3 Å². The van der Waals surface area contributed by atoms with E-state index in [1.807, 2.05) is 48.5 Å². The lowest BCUT2D eigenvalue weighted by atomic mass is 10.1. The number of esters is 1. The average Bonchev–Trinajstić information content (AvgIpc) is 3.28. The van der Waals surface area contributed by atoms with E-state index in [-0.39, 0.29) is 5.97 Å². The van der Waals surface area contributed by atoms with E-state index in [1.165, 1.54) is 12.8 Å². The molecule has 1 aliphatic heterocycles. The number of aromatic nitrogens is 1. The molecule has 3 aromatic rings. The maximum Gasteiger partial charge on any atom is 0.333 e. The Labute approximate surface area is 192 Å². The minimum atomic E-state index is -0.327. The van der Waals surface area contributed by atoms with Crippen LogP contribution < -0.4 is 14.5 Å². The van der Waals surface area contributed by atoms with E-state index in [0.717, 1.165) is 53.2 Å². The number of ether oxygens (including phenoxy) is 2. The van der Waals surface area contributed by atoms with Gasteiger partial charge in [-0.05, 0) is 37.3 Å². The lowest BCUT2D eigenvalue weighted by Gasteiger charge is -2.36. The zero-order chi connectivity index (χ0) is 22.5. The van der Waals surface area contributed by atoms with Crippen LogP contribution in [0.1, 0.15) is 11.8 Å². The first-order valence-electron chi connectivity index (χ1n) is 10.6. The third-order valence-corrected chi connectivity index (χ3v) is 6.60. The predicted molar refractivity (Wildman–Crippen MR) is 131 cm³/mol. The Morgan fingerprint density at radius 2 is 1.62 bits per heavy atom. The fraction of sp³-hybridized carbons (Fsp3) is 0.280. The van der Waals surface area contributed by atoms with Crippen LogP contribution in [0.3, 0.4) is 0 Å². The second-order valence-electron chi connectivity index (χ2n) is 7.57. The molecular formula is C25H27N3O3S. The molecule has 1 aromatic heterocycles. The molecule has 0 aliphatic carbocycles. The van der Waals surface area contributed by atoms with Crippen molar-refractivity contribution >= 4 is 34.2 Å². The molecule has 0 amide bonds. The van der Waals surface area contributed by atoms with Crippen LogP contribution in [0.4, 0.5) is 10.8 Å². The van der Waals surface area contributed by atoms with Gasteiger partial charge in [0, 0.05) is 43.0 Å². The summed E-state index contributed by atoms with van der Waals surface area (Å²) in [6, 6.07) is 18.3. The molecule has 1 fully saturated rings. The molecule has 2 aromatic carbocycles. The number of benzene rings is 2. The molecule has 0 bridgehead atoms. The van der Waals surface area contributed by atoms with Crippen molar-refractivity contribution in [1.29, 1.82) is 0 Å². The Balaban J connectivity index is 1.55. The molecule has 0 unspecified atom stereocenters. The number of methoxy groups -OCH3 is 2. The maximum absolute atomic E-state index is 12.0. The number of piperazine rings is 1. The number of anilines is 2. The molecule has 0 spiro atoms. The molecule has 1 aliphatic rings. The van der Waals surface area contributed by atoms with Crippen LogP contribution in [0.5, 0.6) is 5.75 Å². The average molecular weight is 450 g/mol. The summed E-state index contributed by atoms with van der Waals surface area (Å²) in [5, 5.41) is 0.974. The summed E-state index contributed by atoms with van der Waals surface area (Å²) >= 11 is 1.61. The summed E-state index contributed by atoms with van der Waals surface area (Å²) < 4.78 is 10.1. The molecule has 166 valence electrons. The van der Waals surface area contributed by atoms with Crippen molar-refractivity contribution in [2.45, 2.75) is 6.92 Å². The zero-order valence-corrected chi connectivity index (χ0v) is 19.4. The first kappa shape index (κ1) is 21.9. The van der Waals surface area contributed by atoms with Gasteiger partial charge in [0.2, 0.25) is 0 Å². The zero-order valence-electron chi connectivity index (χ0n) is 18.6. The Hall–Kier alpha value is -3.32. The van der Waals surface area contributed by atoms with E-state index in [4.69, 9.17) is 14.5 Å². The van der Waals surface area contributed by atoms with E-state index in [2.05, 4.69) is 21.9 Å². The first-order chi connectivity index (χ1) is 15.6. The van der Waals surface area contributed by atoms with Gasteiger partial charge in [0.1, 0.15) is 5.75 Å². The second kappa shape index (κ2) is 9.87. The van der Waals surface area contributed by atoms with Crippen molar-refractivity contribution in [2.75, 3.05) is 50.2 Å². The van der Waals surface area contributed by atoms with Gasteiger partial charge >= 0.3 is 5.97 Å². The largest absolute Gasteiger partial charge is 0.497 e. The summed E-state index contributed by atoms with van der Waals surface area (Å²) in [7, 11) is 3.08. The van der Waals surface area contributed by atoms with Crippen LogP contribution in [0.25, 0.3) is 17.3 Å². The van der Waals surface area contributed by atoms with E-state index in [0.29, 0.717) is 5.57 Å². The van der Waals surface area contributed by atoms with Gasteiger partial charge in [0.15, 0.2) is 5.13 Å². The number of nitrogens with zero attached hydrogens (tertiary/aromatic N) is 3. The van der Waals surface area contributed by atoms with E-state index < -0.39 is 0 Å². The quantitative estimate of drug-likeness (QED) is 0.401. The number of carbonyl (C=O) groups excluding carboxylic acids is 1. The smallest absolute Gasteiger partial charge is 0.333 e. The molecule has 32 heavy (non-hydrogen) atoms. The summed E-state index contributed by atoms with van der Waals surface area (Å²) in [5.74, 6) is 0.540. The number of carbonyl (C=O) groups is 1. The topological polar surface area (TPSA) is 54.9 Å². The Kier molecular flexibility index (Phi) is 6.75. The molecule has 1 saturated heterocycles. The van der Waals surface area contributed by atoms with E-state index >= 15 is 0 Å². The van der Waals surface area contributed by atoms with Gasteiger partial charge < -0.3 is 19.3 Å². The van der Waals surface area contributed by atoms with Gasteiger partial charge in [0.05, 0.1) is 24.8 Å². The van der Waals surface area contributed by atoms with Crippen molar-refractivity contribution in [3.05, 3.63) is 65.0 Å². The fourth-order valence-electron chi connectivity index (χ4n) is 3.72. The predicted octanol–water partition coefficient (Wildman–Crippen LogP) is 4.72. The van der Waals surface area contributed by atoms with Crippen molar-refractivity contribution in [3.63, 3.8) is 0 Å². The van der Waals surface area contributed by atoms with Gasteiger partial charge in [-0.15, -0.1) is 0 Å². The van der Waals surface area contributed by atoms with Crippen LogP contribution in [-0.2, 0) is 9.53 Å². The monoisotopic (exact) mass is 449 g/mol. The van der Waals surface area contributed by atoms with Crippen molar-refractivity contribution in [3.8, 4) is 17.0 Å². The minimum Gasteiger partial charge on any atom is -0.497 e. The van der Waals surface area contributed by atoms with E-state index in [9.17, 15) is 4.79 Å². The van der Waals surface area contributed by atoms with Crippen molar-refractivity contribution in [2.24, 2.45) is 0 Å². The van der Waals surface area contributed by atoms with Gasteiger partial charge in [-0.25, -0.2) is 9.78 Å². The van der Waals surface area contributed by atoms with Gasteiger partial charge in [-0.2, -0.15) is 0 Å². The van der Waals surface area contributed by atoms with Crippen LogP contribution in [0, 0.1) is 0 Å². The lowest BCUT2D eigenvalue weighted by Crippen LogP contribution is -2.46. The first-order valence-corrected chi connectivity index (χ1v) is 11.4. The van der Waals surface area contributed by atoms with Crippen LogP contribution in [-0.4, -0.2) is 51.4 Å². The number of hydrogen-bond donors (Lipinski definition) is 0. The fourth-order valence-corrected chi connectivity index (χ4v) is 4.86. The summed E-state index contributed by atoms with van der Waals surface area (Å²) in [5.41, 5.74) is 3.69. The SMILES string of the molecule is COC(=O)C(C)=Cc1sc(N2CCN(c3ccc(OC)cc3)CC2)nc1-c1ccccc1. The van der Waals surface area contributed by atoms with Gasteiger partial charge in [0.25, 0.3) is 0 Å². The van der Waals surface area contributed by atoms with E-state index in [1.54, 1.807) is 25.4 Å². The highest BCUT2D eigenvalue weighted by atomic mass is 32.1. The molecule has 0 N–H and O–H groups in total. The molecule has 0 atom stereocenters. The maximum atomic E-state index is 12.0. The second-order valence-corrected chi connectivity index (χ2v) is 8.58. The summed E-state index contributed by atoms with van der Waals surface area (Å²) in [4.78, 5) is 22.6. The minimum absolute atomic E-state index is 0.327. The number of hydrogen-bond acceptors (Lipinski definition) is 7. The van der Waals surface area contributed by atoms with Gasteiger partial charge in [-0.1, -0.05) is 41.7 Å². The Morgan fingerprint density at radius 3 is 2.25 bits per heavy atom. The number of thiazole rings is 1. The lowest BCUT2D eigenvalue weighted by molar-refractivity contribution is -0.135. The third-order valence-electron chi connectivity index (χ3n) is 5.53. The molecule has 6 nitrogen and oxygen atoms in total. The molecule has 7 heteroatoms. The standard InChI is InChI=1S/C25H27N3O3S/c1-18(24(29)31-3)17-22-23(19-7-5-4-6-8-19)26-25(32-22)28-15-13-27(14-16-28)20-9-11-21(30-2)12-10-20/h4-12,17H,13-16H2,1-3H3. The van der Waals surface area contributed by atoms with Crippen LogP contribution in [0.15, 0.2) is 60.2 Å². The Bertz CT molecular complexity index is 1090. The molecule has 0 radical (unpaired) electrons. The summed E-state index contributed by atoms with van der Waals surface area (Å²) in [6.45, 7) is 5.37. The highest BCUT2D eigenvalue weighted by Crippen LogP contribution is 2.35. The highest BCUT2D eigenvalue weighted by Gasteiger charge is 2.22. The van der Waals surface area contributed by atoms with Crippen LogP contribution in [0.2, 0.25) is 0 Å². The highest BCUT2D eigenvalue weighted by molar-refractivity contribution is 7.17.